The van der Waals surface area contributed by atoms with Crippen LogP contribution in [0.4, 0.5) is 8.78 Å². The molecule has 1 heterocycles. The van der Waals surface area contributed by atoms with Gasteiger partial charge in [-0.1, -0.05) is 6.07 Å². The van der Waals surface area contributed by atoms with Crippen LogP contribution in [0.25, 0.3) is 11.4 Å². The molecular formula is C12H12F2N4O2. The van der Waals surface area contributed by atoms with Crippen LogP contribution < -0.4 is 0 Å². The molecule has 0 unspecified atom stereocenters. The van der Waals surface area contributed by atoms with Crippen molar-refractivity contribution in [2.75, 3.05) is 0 Å². The van der Waals surface area contributed by atoms with Crippen LogP contribution in [0.1, 0.15) is 13.8 Å². The molecule has 0 fully saturated rings. The molecular weight excluding hydrogens is 270 g/mol. The summed E-state index contributed by atoms with van der Waals surface area (Å²) in [4.78, 5) is 11.1. The summed E-state index contributed by atoms with van der Waals surface area (Å²) in [5.74, 6) is -3.15. The Morgan fingerprint density at radius 1 is 1.40 bits per heavy atom. The van der Waals surface area contributed by atoms with E-state index in [0.29, 0.717) is 0 Å². The monoisotopic (exact) mass is 282 g/mol. The van der Waals surface area contributed by atoms with E-state index < -0.39 is 23.0 Å². The van der Waals surface area contributed by atoms with E-state index in [9.17, 15) is 13.6 Å². The highest BCUT2D eigenvalue weighted by atomic mass is 19.2. The van der Waals surface area contributed by atoms with Crippen molar-refractivity contribution < 1.29 is 18.7 Å². The topological polar surface area (TPSA) is 80.9 Å². The molecule has 0 radical (unpaired) electrons. The van der Waals surface area contributed by atoms with Crippen molar-refractivity contribution in [1.82, 2.24) is 20.2 Å². The minimum atomic E-state index is -1.14. The molecule has 0 spiro atoms. The largest absolute Gasteiger partial charge is 0.481 e. The van der Waals surface area contributed by atoms with Gasteiger partial charge in [0.2, 0.25) is 0 Å². The SMILES string of the molecule is CC(C)(Cn1nnnc1-c1cccc(F)c1F)C(=O)O. The average molecular weight is 282 g/mol. The van der Waals surface area contributed by atoms with E-state index in [4.69, 9.17) is 5.11 Å². The Hall–Kier alpha value is -2.38. The van der Waals surface area contributed by atoms with E-state index in [-0.39, 0.29) is 17.9 Å². The van der Waals surface area contributed by atoms with Gasteiger partial charge in [0.05, 0.1) is 17.5 Å². The molecule has 8 heteroatoms. The van der Waals surface area contributed by atoms with Crippen LogP contribution in [0.2, 0.25) is 0 Å². The Balaban J connectivity index is 2.44. The summed E-state index contributed by atoms with van der Waals surface area (Å²) in [6.07, 6.45) is 0. The number of aromatic nitrogens is 4. The summed E-state index contributed by atoms with van der Waals surface area (Å²) in [6.45, 7) is 2.91. The number of aliphatic carboxylic acids is 1. The Labute approximate surface area is 113 Å². The van der Waals surface area contributed by atoms with Crippen molar-refractivity contribution in [2.45, 2.75) is 20.4 Å². The molecule has 1 aromatic heterocycles. The average Bonchev–Trinajstić information content (AvgIpc) is 2.80. The molecule has 20 heavy (non-hydrogen) atoms. The summed E-state index contributed by atoms with van der Waals surface area (Å²) < 4.78 is 28.1. The predicted octanol–water partition coefficient (Wildman–Crippen LogP) is 1.73. The predicted molar refractivity (Wildman–Crippen MR) is 64.6 cm³/mol. The number of hydrogen-bond acceptors (Lipinski definition) is 4. The highest BCUT2D eigenvalue weighted by Gasteiger charge is 2.30. The molecule has 0 saturated heterocycles. The van der Waals surface area contributed by atoms with Gasteiger partial charge < -0.3 is 5.11 Å². The van der Waals surface area contributed by atoms with E-state index in [1.807, 2.05) is 0 Å². The van der Waals surface area contributed by atoms with Crippen LogP contribution in [0.5, 0.6) is 0 Å². The van der Waals surface area contributed by atoms with E-state index in [2.05, 4.69) is 15.5 Å². The molecule has 0 aliphatic heterocycles. The van der Waals surface area contributed by atoms with Crippen molar-refractivity contribution in [3.05, 3.63) is 29.8 Å². The minimum Gasteiger partial charge on any atom is -0.481 e. The molecule has 1 aromatic carbocycles. The van der Waals surface area contributed by atoms with E-state index in [0.717, 1.165) is 10.7 Å². The third kappa shape index (κ3) is 2.49. The van der Waals surface area contributed by atoms with Gasteiger partial charge in [0.25, 0.3) is 0 Å². The number of benzene rings is 1. The van der Waals surface area contributed by atoms with Crippen molar-refractivity contribution >= 4 is 5.97 Å². The van der Waals surface area contributed by atoms with Crippen molar-refractivity contribution in [3.8, 4) is 11.4 Å². The third-order valence-corrected chi connectivity index (χ3v) is 2.85. The maximum Gasteiger partial charge on any atom is 0.310 e. The lowest BCUT2D eigenvalue weighted by Gasteiger charge is -2.19. The number of rotatable bonds is 4. The molecule has 0 aliphatic carbocycles. The first-order valence-electron chi connectivity index (χ1n) is 5.77. The molecule has 2 aromatic rings. The highest BCUT2D eigenvalue weighted by Crippen LogP contribution is 2.25. The number of carbonyl (C=O) groups is 1. The molecule has 0 amide bonds. The summed E-state index contributed by atoms with van der Waals surface area (Å²) in [6, 6.07) is 3.64. The summed E-state index contributed by atoms with van der Waals surface area (Å²) >= 11 is 0. The Morgan fingerprint density at radius 3 is 2.75 bits per heavy atom. The summed E-state index contributed by atoms with van der Waals surface area (Å²) in [5, 5.41) is 19.7. The number of carboxylic acids is 1. The number of tetrazole rings is 1. The second-order valence-electron chi connectivity index (χ2n) is 4.95. The van der Waals surface area contributed by atoms with Crippen LogP contribution in [0.3, 0.4) is 0 Å². The molecule has 6 nitrogen and oxygen atoms in total. The quantitative estimate of drug-likeness (QED) is 0.923. The zero-order chi connectivity index (χ0) is 14.9. The molecule has 106 valence electrons. The van der Waals surface area contributed by atoms with Crippen LogP contribution in [-0.2, 0) is 11.3 Å². The van der Waals surface area contributed by atoms with Crippen LogP contribution in [0, 0.1) is 17.0 Å². The summed E-state index contributed by atoms with van der Waals surface area (Å²) in [7, 11) is 0. The van der Waals surface area contributed by atoms with Crippen LogP contribution in [-0.4, -0.2) is 31.3 Å². The summed E-state index contributed by atoms with van der Waals surface area (Å²) in [5.41, 5.74) is -1.26. The number of carboxylic acid groups (broad SMARTS) is 1. The maximum absolute atomic E-state index is 13.7. The molecule has 0 atom stereocenters. The fourth-order valence-corrected chi connectivity index (χ4v) is 1.62. The van der Waals surface area contributed by atoms with Gasteiger partial charge >= 0.3 is 5.97 Å². The first-order valence-corrected chi connectivity index (χ1v) is 5.77. The van der Waals surface area contributed by atoms with Gasteiger partial charge in [-0.25, -0.2) is 13.5 Å². The van der Waals surface area contributed by atoms with E-state index in [1.165, 1.54) is 26.0 Å². The van der Waals surface area contributed by atoms with Gasteiger partial charge in [0.1, 0.15) is 0 Å². The normalized spacial score (nSPS) is 11.6. The minimum absolute atomic E-state index is 0.0173. The molecule has 0 bridgehead atoms. The fourth-order valence-electron chi connectivity index (χ4n) is 1.62. The molecule has 0 aliphatic rings. The van der Waals surface area contributed by atoms with E-state index >= 15 is 0 Å². The second kappa shape index (κ2) is 4.95. The van der Waals surface area contributed by atoms with E-state index in [1.54, 1.807) is 0 Å². The van der Waals surface area contributed by atoms with Crippen LogP contribution >= 0.6 is 0 Å². The van der Waals surface area contributed by atoms with Gasteiger partial charge in [-0.2, -0.15) is 0 Å². The lowest BCUT2D eigenvalue weighted by molar-refractivity contribution is -0.147. The number of halogens is 2. The molecule has 1 N–H and O–H groups in total. The Kier molecular flexibility index (Phi) is 3.47. The van der Waals surface area contributed by atoms with Crippen LogP contribution in [0.15, 0.2) is 18.2 Å². The Bertz CT molecular complexity index is 655. The zero-order valence-electron chi connectivity index (χ0n) is 10.8. The smallest absolute Gasteiger partial charge is 0.310 e. The first kappa shape index (κ1) is 14.0. The Morgan fingerprint density at radius 2 is 2.10 bits per heavy atom. The lowest BCUT2D eigenvalue weighted by Crippen LogP contribution is -2.30. The number of hydrogen-bond donors (Lipinski definition) is 1. The third-order valence-electron chi connectivity index (χ3n) is 2.85. The first-order chi connectivity index (χ1) is 9.33. The number of nitrogens with zero attached hydrogens (tertiary/aromatic N) is 4. The van der Waals surface area contributed by atoms with Crippen molar-refractivity contribution in [1.29, 1.82) is 0 Å². The van der Waals surface area contributed by atoms with Gasteiger partial charge in [0, 0.05) is 0 Å². The molecule has 2 rings (SSSR count). The van der Waals surface area contributed by atoms with Gasteiger partial charge in [-0.3, -0.25) is 4.79 Å². The highest BCUT2D eigenvalue weighted by molar-refractivity contribution is 5.73. The van der Waals surface area contributed by atoms with Gasteiger partial charge in [-0.15, -0.1) is 5.10 Å². The lowest BCUT2D eigenvalue weighted by atomic mass is 9.94. The standard InChI is InChI=1S/C12H12F2N4O2/c1-12(2,11(19)20)6-18-10(15-16-17-18)7-4-3-5-8(13)9(7)14/h3-5H,6H2,1-2H3,(H,19,20). The maximum atomic E-state index is 13.7. The van der Waals surface area contributed by atoms with Gasteiger partial charge in [0.15, 0.2) is 17.5 Å². The second-order valence-corrected chi connectivity index (χ2v) is 4.95. The van der Waals surface area contributed by atoms with Crippen molar-refractivity contribution in [3.63, 3.8) is 0 Å². The fraction of sp³-hybridized carbons (Fsp3) is 0.333. The zero-order valence-corrected chi connectivity index (χ0v) is 10.8. The molecule has 0 saturated carbocycles. The van der Waals surface area contributed by atoms with Crippen molar-refractivity contribution in [2.24, 2.45) is 5.41 Å². The van der Waals surface area contributed by atoms with Gasteiger partial charge in [-0.05, 0) is 36.4 Å².